The van der Waals surface area contributed by atoms with Crippen LogP contribution in [0.15, 0.2) is 0 Å². The zero-order chi connectivity index (χ0) is 7.57. The Morgan fingerprint density at radius 1 is 0.750 bits per heavy atom. The smallest absolute Gasteiger partial charge is 0.0193 e. The lowest BCUT2D eigenvalue weighted by molar-refractivity contribution is 0.159. The minimum absolute atomic E-state index is 0. The first-order valence-corrected chi connectivity index (χ1v) is 5.16. The molecule has 1 saturated heterocycles. The van der Waals surface area contributed by atoms with E-state index in [4.69, 9.17) is 0 Å². The summed E-state index contributed by atoms with van der Waals surface area (Å²) >= 11 is 0. The topological polar surface area (TPSA) is 47.0 Å². The van der Waals surface area contributed by atoms with Crippen molar-refractivity contribution in [1.29, 1.82) is 0 Å². The van der Waals surface area contributed by atoms with Gasteiger partial charge in [0.05, 0.1) is 0 Å². The zero-order valence-electron chi connectivity index (χ0n) is 8.07. The third-order valence-corrected chi connectivity index (χ3v) is 3.41. The molecule has 1 heterocycles. The summed E-state index contributed by atoms with van der Waals surface area (Å²) in [5.41, 5.74) is 0.625. The standard InChI is InChI=1S/C10H19N.H3N/c1-2-4-6-10(7-5-3-1)8-9-11-10;/h11H,1-9H2;1H3. The molecule has 0 aromatic carbocycles. The van der Waals surface area contributed by atoms with Crippen LogP contribution in [0.1, 0.15) is 51.4 Å². The third-order valence-electron chi connectivity index (χ3n) is 3.41. The molecule has 1 aliphatic heterocycles. The Kier molecular flexibility index (Phi) is 3.53. The Bertz CT molecular complexity index is 120. The SMILES string of the molecule is C1CCCC2(CCC1)CCN2.N. The number of nitrogens with one attached hydrogen (secondary N) is 1. The Balaban J connectivity index is 0.000000720. The summed E-state index contributed by atoms with van der Waals surface area (Å²) < 4.78 is 0. The van der Waals surface area contributed by atoms with Gasteiger partial charge in [0.25, 0.3) is 0 Å². The molecule has 2 rings (SSSR count). The molecule has 0 amide bonds. The maximum atomic E-state index is 3.63. The van der Waals surface area contributed by atoms with Crippen molar-refractivity contribution < 1.29 is 0 Å². The van der Waals surface area contributed by atoms with Gasteiger partial charge in [-0.05, 0) is 25.8 Å². The van der Waals surface area contributed by atoms with Gasteiger partial charge in [0, 0.05) is 5.54 Å². The maximum absolute atomic E-state index is 3.63. The summed E-state index contributed by atoms with van der Waals surface area (Å²) in [5, 5.41) is 3.63. The highest BCUT2D eigenvalue weighted by Crippen LogP contribution is 2.33. The van der Waals surface area contributed by atoms with Crippen molar-refractivity contribution >= 4 is 0 Å². The predicted octanol–water partition coefficient (Wildman–Crippen LogP) is 2.62. The van der Waals surface area contributed by atoms with E-state index in [1.54, 1.807) is 0 Å². The van der Waals surface area contributed by atoms with Gasteiger partial charge < -0.3 is 11.5 Å². The molecule has 0 bridgehead atoms. The second kappa shape index (κ2) is 4.24. The minimum Gasteiger partial charge on any atom is -0.344 e. The molecular formula is C10H22N2. The third kappa shape index (κ3) is 1.99. The second-order valence-electron chi connectivity index (χ2n) is 4.22. The van der Waals surface area contributed by atoms with Crippen LogP contribution in [0.2, 0.25) is 0 Å². The molecule has 4 N–H and O–H groups in total. The molecule has 0 unspecified atom stereocenters. The molecule has 0 radical (unpaired) electrons. The van der Waals surface area contributed by atoms with Gasteiger partial charge in [0.15, 0.2) is 0 Å². The lowest BCUT2D eigenvalue weighted by Gasteiger charge is -2.44. The summed E-state index contributed by atoms with van der Waals surface area (Å²) in [5.74, 6) is 0. The molecular weight excluding hydrogens is 148 g/mol. The molecule has 1 saturated carbocycles. The molecule has 2 nitrogen and oxygen atoms in total. The van der Waals surface area contributed by atoms with Crippen molar-refractivity contribution in [3.05, 3.63) is 0 Å². The molecule has 0 aromatic heterocycles. The molecule has 1 aliphatic carbocycles. The lowest BCUT2D eigenvalue weighted by atomic mass is 9.77. The average molecular weight is 170 g/mol. The lowest BCUT2D eigenvalue weighted by Crippen LogP contribution is -2.56. The minimum atomic E-state index is 0. The molecule has 12 heavy (non-hydrogen) atoms. The van der Waals surface area contributed by atoms with Crippen LogP contribution in [0.25, 0.3) is 0 Å². The van der Waals surface area contributed by atoms with Gasteiger partial charge in [0.1, 0.15) is 0 Å². The fourth-order valence-electron chi connectivity index (χ4n) is 2.49. The molecule has 72 valence electrons. The van der Waals surface area contributed by atoms with Crippen LogP contribution in [0.3, 0.4) is 0 Å². The quantitative estimate of drug-likeness (QED) is 0.587. The van der Waals surface area contributed by atoms with Crippen LogP contribution in [0.4, 0.5) is 0 Å². The molecule has 2 fully saturated rings. The van der Waals surface area contributed by atoms with E-state index in [2.05, 4.69) is 5.32 Å². The Morgan fingerprint density at radius 3 is 1.67 bits per heavy atom. The zero-order valence-corrected chi connectivity index (χ0v) is 8.07. The van der Waals surface area contributed by atoms with Gasteiger partial charge in [-0.1, -0.05) is 32.1 Å². The van der Waals surface area contributed by atoms with Crippen LogP contribution < -0.4 is 11.5 Å². The molecule has 2 aliphatic rings. The van der Waals surface area contributed by atoms with Crippen LogP contribution in [-0.2, 0) is 0 Å². The summed E-state index contributed by atoms with van der Waals surface area (Å²) in [4.78, 5) is 0. The molecule has 0 atom stereocenters. The molecule has 1 spiro atoms. The Labute approximate surface area is 75.7 Å². The van der Waals surface area contributed by atoms with E-state index in [0.29, 0.717) is 5.54 Å². The maximum Gasteiger partial charge on any atom is 0.0193 e. The van der Waals surface area contributed by atoms with E-state index >= 15 is 0 Å². The molecule has 0 aromatic rings. The second-order valence-corrected chi connectivity index (χ2v) is 4.22. The van der Waals surface area contributed by atoms with Gasteiger partial charge in [-0.15, -0.1) is 0 Å². The number of hydrogen-bond donors (Lipinski definition) is 2. The average Bonchev–Trinajstić information content (AvgIpc) is 1.82. The number of rotatable bonds is 0. The highest BCUT2D eigenvalue weighted by Gasteiger charge is 2.35. The van der Waals surface area contributed by atoms with Crippen molar-refractivity contribution in [1.82, 2.24) is 11.5 Å². The summed E-state index contributed by atoms with van der Waals surface area (Å²) in [6.07, 6.45) is 11.7. The van der Waals surface area contributed by atoms with Gasteiger partial charge >= 0.3 is 0 Å². The Morgan fingerprint density at radius 2 is 1.25 bits per heavy atom. The van der Waals surface area contributed by atoms with Gasteiger partial charge in [-0.2, -0.15) is 0 Å². The van der Waals surface area contributed by atoms with Gasteiger partial charge in [-0.3, -0.25) is 0 Å². The van der Waals surface area contributed by atoms with Crippen LogP contribution >= 0.6 is 0 Å². The van der Waals surface area contributed by atoms with Crippen molar-refractivity contribution in [2.75, 3.05) is 6.54 Å². The highest BCUT2D eigenvalue weighted by atomic mass is 15.0. The number of hydrogen-bond acceptors (Lipinski definition) is 2. The van der Waals surface area contributed by atoms with E-state index in [1.807, 2.05) is 0 Å². The largest absolute Gasteiger partial charge is 0.344 e. The van der Waals surface area contributed by atoms with Crippen molar-refractivity contribution in [3.63, 3.8) is 0 Å². The van der Waals surface area contributed by atoms with Crippen LogP contribution in [-0.4, -0.2) is 12.1 Å². The first-order valence-electron chi connectivity index (χ1n) is 5.16. The van der Waals surface area contributed by atoms with Crippen molar-refractivity contribution in [2.24, 2.45) is 0 Å². The van der Waals surface area contributed by atoms with E-state index in [-0.39, 0.29) is 6.15 Å². The van der Waals surface area contributed by atoms with Gasteiger partial charge in [-0.25, -0.2) is 0 Å². The summed E-state index contributed by atoms with van der Waals surface area (Å²) in [6, 6.07) is 0. The van der Waals surface area contributed by atoms with Crippen LogP contribution in [0.5, 0.6) is 0 Å². The van der Waals surface area contributed by atoms with Gasteiger partial charge in [0.2, 0.25) is 0 Å². The van der Waals surface area contributed by atoms with Crippen molar-refractivity contribution in [3.8, 4) is 0 Å². The molecule has 2 heteroatoms. The fourth-order valence-corrected chi connectivity index (χ4v) is 2.49. The summed E-state index contributed by atoms with van der Waals surface area (Å²) in [6.45, 7) is 1.28. The highest BCUT2D eigenvalue weighted by molar-refractivity contribution is 4.96. The van der Waals surface area contributed by atoms with E-state index in [1.165, 1.54) is 57.9 Å². The predicted molar refractivity (Wildman–Crippen MR) is 52.7 cm³/mol. The normalized spacial score (nSPS) is 28.0. The fraction of sp³-hybridized carbons (Fsp3) is 1.00. The van der Waals surface area contributed by atoms with E-state index in [9.17, 15) is 0 Å². The van der Waals surface area contributed by atoms with E-state index < -0.39 is 0 Å². The first kappa shape index (κ1) is 10.0. The Hall–Kier alpha value is -0.0800. The summed E-state index contributed by atoms with van der Waals surface area (Å²) in [7, 11) is 0. The monoisotopic (exact) mass is 170 g/mol. The van der Waals surface area contributed by atoms with Crippen molar-refractivity contribution in [2.45, 2.75) is 56.9 Å². The first-order chi connectivity index (χ1) is 5.41. The van der Waals surface area contributed by atoms with Crippen LogP contribution in [0, 0.1) is 0 Å². The van der Waals surface area contributed by atoms with E-state index in [0.717, 1.165) is 0 Å².